The molecule has 2 rings (SSSR count). The third-order valence-electron chi connectivity index (χ3n) is 3.95. The van der Waals surface area contributed by atoms with E-state index in [-0.39, 0.29) is 0 Å². The second-order valence-corrected chi connectivity index (χ2v) is 5.33. The monoisotopic (exact) mass is 265 g/mol. The summed E-state index contributed by atoms with van der Waals surface area (Å²) in [6.07, 6.45) is 3.57. The Morgan fingerprint density at radius 3 is 2.42 bits per heavy atom. The SMILES string of the molecule is CNc1nc(NC2CCC(C)C(C)C2)nc(OC)n1. The Bertz CT molecular complexity index is 403. The molecule has 0 aromatic carbocycles. The molecule has 1 aromatic heterocycles. The molecule has 106 valence electrons. The third kappa shape index (κ3) is 3.45. The van der Waals surface area contributed by atoms with Gasteiger partial charge in [0.05, 0.1) is 7.11 Å². The number of ether oxygens (including phenoxy) is 1. The van der Waals surface area contributed by atoms with E-state index in [9.17, 15) is 0 Å². The highest BCUT2D eigenvalue weighted by Gasteiger charge is 2.25. The first-order valence-electron chi connectivity index (χ1n) is 6.86. The Morgan fingerprint density at radius 2 is 1.79 bits per heavy atom. The second-order valence-electron chi connectivity index (χ2n) is 5.33. The Labute approximate surface area is 114 Å². The van der Waals surface area contributed by atoms with Crippen LogP contribution in [0.1, 0.15) is 33.1 Å². The summed E-state index contributed by atoms with van der Waals surface area (Å²) in [5.41, 5.74) is 0. The molecule has 0 saturated heterocycles. The molecule has 0 amide bonds. The normalized spacial score (nSPS) is 26.8. The van der Waals surface area contributed by atoms with Crippen LogP contribution >= 0.6 is 0 Å². The summed E-state index contributed by atoms with van der Waals surface area (Å²) < 4.78 is 5.08. The zero-order chi connectivity index (χ0) is 13.8. The highest BCUT2D eigenvalue weighted by atomic mass is 16.5. The van der Waals surface area contributed by atoms with Crippen molar-refractivity contribution in [2.75, 3.05) is 24.8 Å². The first-order valence-corrected chi connectivity index (χ1v) is 6.86. The van der Waals surface area contributed by atoms with Crippen molar-refractivity contribution in [2.24, 2.45) is 11.8 Å². The van der Waals surface area contributed by atoms with Crippen LogP contribution in [0.5, 0.6) is 6.01 Å². The lowest BCUT2D eigenvalue weighted by molar-refractivity contribution is 0.260. The lowest BCUT2D eigenvalue weighted by atomic mass is 9.79. The summed E-state index contributed by atoms with van der Waals surface area (Å²) in [5.74, 6) is 2.65. The van der Waals surface area contributed by atoms with Gasteiger partial charge in [-0.3, -0.25) is 0 Å². The largest absolute Gasteiger partial charge is 0.467 e. The van der Waals surface area contributed by atoms with Crippen molar-refractivity contribution in [3.63, 3.8) is 0 Å². The zero-order valence-electron chi connectivity index (χ0n) is 12.1. The lowest BCUT2D eigenvalue weighted by Gasteiger charge is -2.32. The van der Waals surface area contributed by atoms with Gasteiger partial charge in [-0.25, -0.2) is 0 Å². The molecule has 1 aliphatic rings. The minimum Gasteiger partial charge on any atom is -0.467 e. The molecule has 3 atom stereocenters. The fourth-order valence-electron chi connectivity index (χ4n) is 2.49. The second kappa shape index (κ2) is 6.04. The number of hydrogen-bond acceptors (Lipinski definition) is 6. The van der Waals surface area contributed by atoms with Crippen molar-refractivity contribution in [3.8, 4) is 6.01 Å². The first-order chi connectivity index (χ1) is 9.12. The maximum absolute atomic E-state index is 5.08. The number of nitrogens with zero attached hydrogens (tertiary/aromatic N) is 3. The van der Waals surface area contributed by atoms with Crippen LogP contribution in [0.15, 0.2) is 0 Å². The van der Waals surface area contributed by atoms with E-state index in [4.69, 9.17) is 4.74 Å². The van der Waals surface area contributed by atoms with Gasteiger partial charge < -0.3 is 15.4 Å². The van der Waals surface area contributed by atoms with Crippen LogP contribution < -0.4 is 15.4 Å². The molecule has 0 aliphatic heterocycles. The van der Waals surface area contributed by atoms with Crippen LogP contribution in [0.25, 0.3) is 0 Å². The summed E-state index contributed by atoms with van der Waals surface area (Å²) >= 11 is 0. The van der Waals surface area contributed by atoms with E-state index in [2.05, 4.69) is 39.4 Å². The van der Waals surface area contributed by atoms with E-state index < -0.39 is 0 Å². The molecule has 1 fully saturated rings. The summed E-state index contributed by atoms with van der Waals surface area (Å²) in [4.78, 5) is 12.7. The van der Waals surface area contributed by atoms with E-state index in [1.54, 1.807) is 14.2 Å². The van der Waals surface area contributed by atoms with Crippen LogP contribution in [0, 0.1) is 11.8 Å². The minimum atomic E-state index is 0.332. The molecular weight excluding hydrogens is 242 g/mol. The first kappa shape index (κ1) is 13.8. The molecule has 0 spiro atoms. The van der Waals surface area contributed by atoms with Crippen LogP contribution in [0.2, 0.25) is 0 Å². The molecule has 0 radical (unpaired) electrons. The van der Waals surface area contributed by atoms with Gasteiger partial charge >= 0.3 is 6.01 Å². The van der Waals surface area contributed by atoms with Crippen molar-refractivity contribution in [2.45, 2.75) is 39.2 Å². The molecule has 0 bridgehead atoms. The van der Waals surface area contributed by atoms with Crippen molar-refractivity contribution >= 4 is 11.9 Å². The zero-order valence-corrected chi connectivity index (χ0v) is 12.1. The Morgan fingerprint density at radius 1 is 1.05 bits per heavy atom. The van der Waals surface area contributed by atoms with E-state index >= 15 is 0 Å². The average Bonchev–Trinajstić information content (AvgIpc) is 2.42. The average molecular weight is 265 g/mol. The van der Waals surface area contributed by atoms with Crippen molar-refractivity contribution in [3.05, 3.63) is 0 Å². The smallest absolute Gasteiger partial charge is 0.322 e. The van der Waals surface area contributed by atoms with Gasteiger partial charge in [0, 0.05) is 13.1 Å². The van der Waals surface area contributed by atoms with Crippen molar-refractivity contribution < 1.29 is 4.74 Å². The molecule has 1 saturated carbocycles. The minimum absolute atomic E-state index is 0.332. The fraction of sp³-hybridized carbons (Fsp3) is 0.769. The molecule has 1 aromatic rings. The number of nitrogens with one attached hydrogen (secondary N) is 2. The van der Waals surface area contributed by atoms with Crippen molar-refractivity contribution in [1.82, 2.24) is 15.0 Å². The van der Waals surface area contributed by atoms with Crippen LogP contribution in [0.4, 0.5) is 11.9 Å². The highest BCUT2D eigenvalue weighted by molar-refractivity contribution is 5.36. The van der Waals surface area contributed by atoms with Gasteiger partial charge in [-0.05, 0) is 31.1 Å². The Hall–Kier alpha value is -1.59. The summed E-state index contributed by atoms with van der Waals surface area (Å²) in [6.45, 7) is 4.64. The number of methoxy groups -OCH3 is 1. The van der Waals surface area contributed by atoms with Gasteiger partial charge in [-0.15, -0.1) is 0 Å². The van der Waals surface area contributed by atoms with Gasteiger partial charge in [-0.2, -0.15) is 15.0 Å². The molecule has 3 unspecified atom stereocenters. The maximum atomic E-state index is 5.08. The molecule has 19 heavy (non-hydrogen) atoms. The molecule has 2 N–H and O–H groups in total. The standard InChI is InChI=1S/C13H23N5O/c1-8-5-6-10(7-9(8)2)15-12-16-11(14-3)17-13(18-12)19-4/h8-10H,5-7H2,1-4H3,(H2,14,15,16,17,18). The van der Waals surface area contributed by atoms with Crippen molar-refractivity contribution in [1.29, 1.82) is 0 Å². The third-order valence-corrected chi connectivity index (χ3v) is 3.95. The predicted octanol–water partition coefficient (Wildman–Crippen LogP) is 2.16. The number of aromatic nitrogens is 3. The van der Waals surface area contributed by atoms with E-state index in [0.717, 1.165) is 24.7 Å². The van der Waals surface area contributed by atoms with Gasteiger partial charge in [0.1, 0.15) is 0 Å². The van der Waals surface area contributed by atoms with Crippen LogP contribution in [0.3, 0.4) is 0 Å². The van der Waals surface area contributed by atoms with Gasteiger partial charge in [0.15, 0.2) is 0 Å². The van der Waals surface area contributed by atoms with Crippen LogP contribution in [-0.4, -0.2) is 35.2 Å². The van der Waals surface area contributed by atoms with E-state index in [0.29, 0.717) is 23.9 Å². The number of rotatable bonds is 4. The quantitative estimate of drug-likeness (QED) is 0.869. The fourth-order valence-corrected chi connectivity index (χ4v) is 2.49. The van der Waals surface area contributed by atoms with Crippen LogP contribution in [-0.2, 0) is 0 Å². The van der Waals surface area contributed by atoms with E-state index in [1.807, 2.05) is 0 Å². The highest BCUT2D eigenvalue weighted by Crippen LogP contribution is 2.30. The molecular formula is C13H23N5O. The molecule has 6 nitrogen and oxygen atoms in total. The molecule has 1 heterocycles. The number of anilines is 2. The lowest BCUT2D eigenvalue weighted by Crippen LogP contribution is -2.31. The van der Waals surface area contributed by atoms with Gasteiger partial charge in [0.25, 0.3) is 0 Å². The topological polar surface area (TPSA) is 72.0 Å². The maximum Gasteiger partial charge on any atom is 0.322 e. The Balaban J connectivity index is 2.06. The van der Waals surface area contributed by atoms with Gasteiger partial charge in [-0.1, -0.05) is 13.8 Å². The Kier molecular flexibility index (Phi) is 4.39. The molecule has 6 heteroatoms. The summed E-state index contributed by atoms with van der Waals surface area (Å²) in [5, 5.41) is 6.31. The summed E-state index contributed by atoms with van der Waals surface area (Å²) in [7, 11) is 3.34. The van der Waals surface area contributed by atoms with Gasteiger partial charge in [0.2, 0.25) is 11.9 Å². The van der Waals surface area contributed by atoms with E-state index in [1.165, 1.54) is 6.42 Å². The molecule has 1 aliphatic carbocycles. The summed E-state index contributed by atoms with van der Waals surface area (Å²) in [6, 6.07) is 0.766. The predicted molar refractivity (Wildman–Crippen MR) is 75.5 cm³/mol. The number of hydrogen-bond donors (Lipinski definition) is 2.